The second-order valence-corrected chi connectivity index (χ2v) is 5.44. The largest absolute Gasteiger partial charge is 0.440 e. The summed E-state index contributed by atoms with van der Waals surface area (Å²) in [6, 6.07) is 11.7. The smallest absolute Gasteiger partial charge is 0.308 e. The molecule has 3 aromatic rings. The van der Waals surface area contributed by atoms with Crippen molar-refractivity contribution in [1.29, 1.82) is 0 Å². The van der Waals surface area contributed by atoms with Gasteiger partial charge in [0.25, 0.3) is 0 Å². The van der Waals surface area contributed by atoms with E-state index >= 15 is 0 Å². The Morgan fingerprint density at radius 2 is 1.77 bits per heavy atom. The van der Waals surface area contributed by atoms with E-state index in [1.54, 1.807) is 0 Å². The van der Waals surface area contributed by atoms with Gasteiger partial charge in [-0.05, 0) is 37.1 Å². The third kappa shape index (κ3) is 2.44. The van der Waals surface area contributed by atoms with Gasteiger partial charge in [-0.15, -0.1) is 0 Å². The fraction of sp³-hybridized carbons (Fsp3) is 0.167. The molecule has 112 valence electrons. The van der Waals surface area contributed by atoms with Crippen molar-refractivity contribution in [3.05, 3.63) is 47.5 Å². The first kappa shape index (κ1) is 14.2. The van der Waals surface area contributed by atoms with E-state index in [4.69, 9.17) is 14.9 Å². The lowest BCUT2D eigenvalue weighted by molar-refractivity contribution is -0.131. The predicted molar refractivity (Wildman–Crippen MR) is 86.8 cm³/mol. The van der Waals surface area contributed by atoms with Crippen LogP contribution in [-0.2, 0) is 4.79 Å². The van der Waals surface area contributed by atoms with Crippen LogP contribution in [0.15, 0.2) is 40.8 Å². The Morgan fingerprint density at radius 3 is 2.41 bits per heavy atom. The second-order valence-electron chi connectivity index (χ2n) is 5.44. The van der Waals surface area contributed by atoms with Crippen LogP contribution < -0.4 is 10.5 Å². The molecule has 2 aromatic carbocycles. The van der Waals surface area contributed by atoms with Crippen LogP contribution >= 0.6 is 0 Å². The Bertz CT molecular complexity index is 860. The van der Waals surface area contributed by atoms with Gasteiger partial charge in [0.2, 0.25) is 0 Å². The number of ether oxygens (including phenoxy) is 1. The Labute approximate surface area is 128 Å². The molecule has 0 radical (unpaired) electrons. The quantitative estimate of drug-likeness (QED) is 0.567. The van der Waals surface area contributed by atoms with E-state index in [2.05, 4.69) is 0 Å². The van der Waals surface area contributed by atoms with E-state index in [-0.39, 0.29) is 5.97 Å². The lowest BCUT2D eigenvalue weighted by Gasteiger charge is -2.07. The zero-order valence-corrected chi connectivity index (χ0v) is 12.8. The van der Waals surface area contributed by atoms with Gasteiger partial charge in [-0.3, -0.25) is 4.79 Å². The van der Waals surface area contributed by atoms with E-state index < -0.39 is 0 Å². The molecule has 22 heavy (non-hydrogen) atoms. The molecule has 0 fully saturated rings. The van der Waals surface area contributed by atoms with Crippen molar-refractivity contribution in [1.82, 2.24) is 0 Å². The summed E-state index contributed by atoms with van der Waals surface area (Å²) in [7, 11) is 0. The number of aryl methyl sites for hydroxylation is 2. The summed E-state index contributed by atoms with van der Waals surface area (Å²) < 4.78 is 11.0. The molecule has 0 unspecified atom stereocenters. The summed E-state index contributed by atoms with van der Waals surface area (Å²) in [5.74, 6) is 0.415. The molecule has 4 nitrogen and oxygen atoms in total. The van der Waals surface area contributed by atoms with Gasteiger partial charge in [-0.2, -0.15) is 0 Å². The molecule has 2 N–H and O–H groups in total. The van der Waals surface area contributed by atoms with Crippen molar-refractivity contribution in [3.63, 3.8) is 0 Å². The third-order valence-corrected chi connectivity index (χ3v) is 3.52. The van der Waals surface area contributed by atoms with Crippen molar-refractivity contribution in [2.24, 2.45) is 0 Å². The summed E-state index contributed by atoms with van der Waals surface area (Å²) in [5.41, 5.74) is 10.5. The Balaban J connectivity index is 2.31. The van der Waals surface area contributed by atoms with E-state index in [1.807, 2.05) is 50.2 Å². The molecule has 1 aromatic heterocycles. The monoisotopic (exact) mass is 295 g/mol. The van der Waals surface area contributed by atoms with Crippen LogP contribution in [0.25, 0.3) is 22.1 Å². The number of fused-ring (bicyclic) bond motifs is 1. The van der Waals surface area contributed by atoms with Crippen LogP contribution in [0.5, 0.6) is 5.75 Å². The van der Waals surface area contributed by atoms with Crippen molar-refractivity contribution >= 4 is 22.8 Å². The minimum Gasteiger partial charge on any atom is -0.440 e. The number of benzene rings is 2. The number of nitrogen functional groups attached to an aromatic ring is 1. The average Bonchev–Trinajstić information content (AvgIpc) is 2.75. The van der Waals surface area contributed by atoms with Gasteiger partial charge in [-0.25, -0.2) is 0 Å². The fourth-order valence-corrected chi connectivity index (χ4v) is 2.58. The number of rotatable bonds is 2. The Kier molecular flexibility index (Phi) is 3.37. The van der Waals surface area contributed by atoms with Crippen molar-refractivity contribution in [2.45, 2.75) is 20.8 Å². The van der Waals surface area contributed by atoms with Crippen LogP contribution in [0, 0.1) is 13.8 Å². The summed E-state index contributed by atoms with van der Waals surface area (Å²) in [6.07, 6.45) is 0. The third-order valence-electron chi connectivity index (χ3n) is 3.52. The number of anilines is 1. The topological polar surface area (TPSA) is 65.5 Å². The van der Waals surface area contributed by atoms with Crippen molar-refractivity contribution < 1.29 is 13.9 Å². The summed E-state index contributed by atoms with van der Waals surface area (Å²) in [6.45, 7) is 5.31. The molecule has 0 spiro atoms. The number of carbonyl (C=O) groups is 1. The molecule has 0 aliphatic carbocycles. The summed E-state index contributed by atoms with van der Waals surface area (Å²) >= 11 is 0. The van der Waals surface area contributed by atoms with Crippen molar-refractivity contribution in [2.75, 3.05) is 5.73 Å². The highest BCUT2D eigenvalue weighted by Crippen LogP contribution is 2.42. The lowest BCUT2D eigenvalue weighted by Crippen LogP contribution is -2.02. The van der Waals surface area contributed by atoms with E-state index in [1.165, 1.54) is 6.92 Å². The number of nitrogens with two attached hydrogens (primary N) is 1. The van der Waals surface area contributed by atoms with Crippen LogP contribution in [0.3, 0.4) is 0 Å². The SMILES string of the molecule is CC(=O)Oc1cc(C)cc2oc(N)c(-c3ccc(C)cc3)c12. The van der Waals surface area contributed by atoms with Gasteiger partial charge in [0.1, 0.15) is 11.3 Å². The number of carbonyl (C=O) groups excluding carboxylic acids is 1. The summed E-state index contributed by atoms with van der Waals surface area (Å²) in [4.78, 5) is 11.4. The minimum atomic E-state index is -0.374. The van der Waals surface area contributed by atoms with E-state index in [9.17, 15) is 4.79 Å². The Hall–Kier alpha value is -2.75. The van der Waals surface area contributed by atoms with Crippen LogP contribution in [0.4, 0.5) is 5.88 Å². The Morgan fingerprint density at radius 1 is 1.09 bits per heavy atom. The summed E-state index contributed by atoms with van der Waals surface area (Å²) in [5, 5.41) is 0.724. The maximum atomic E-state index is 11.4. The number of esters is 1. The normalized spacial score (nSPS) is 10.9. The highest BCUT2D eigenvalue weighted by Gasteiger charge is 2.19. The molecule has 0 aliphatic heterocycles. The number of furan rings is 1. The molecular weight excluding hydrogens is 278 g/mol. The maximum absolute atomic E-state index is 11.4. The number of hydrogen-bond donors (Lipinski definition) is 1. The minimum absolute atomic E-state index is 0.317. The highest BCUT2D eigenvalue weighted by molar-refractivity contribution is 6.04. The molecule has 0 aliphatic rings. The van der Waals surface area contributed by atoms with Crippen LogP contribution in [0.2, 0.25) is 0 Å². The first-order chi connectivity index (χ1) is 10.5. The van der Waals surface area contributed by atoms with Gasteiger partial charge in [-0.1, -0.05) is 29.8 Å². The predicted octanol–water partition coefficient (Wildman–Crippen LogP) is 4.22. The molecule has 1 heterocycles. The van der Waals surface area contributed by atoms with Crippen LogP contribution in [-0.4, -0.2) is 5.97 Å². The molecule has 0 amide bonds. The fourth-order valence-electron chi connectivity index (χ4n) is 2.58. The first-order valence-electron chi connectivity index (χ1n) is 7.04. The first-order valence-corrected chi connectivity index (χ1v) is 7.04. The van der Waals surface area contributed by atoms with Gasteiger partial charge in [0.05, 0.1) is 10.9 Å². The second kappa shape index (κ2) is 5.22. The zero-order chi connectivity index (χ0) is 15.9. The van der Waals surface area contributed by atoms with Gasteiger partial charge < -0.3 is 14.9 Å². The number of hydrogen-bond acceptors (Lipinski definition) is 4. The van der Waals surface area contributed by atoms with E-state index in [0.29, 0.717) is 17.2 Å². The van der Waals surface area contributed by atoms with Gasteiger partial charge in [0, 0.05) is 6.92 Å². The lowest BCUT2D eigenvalue weighted by atomic mass is 10.0. The highest BCUT2D eigenvalue weighted by atomic mass is 16.5. The molecule has 4 heteroatoms. The van der Waals surface area contributed by atoms with Crippen LogP contribution in [0.1, 0.15) is 18.1 Å². The molecule has 0 saturated carbocycles. The molecule has 0 atom stereocenters. The molecule has 0 saturated heterocycles. The molecule has 0 bridgehead atoms. The maximum Gasteiger partial charge on any atom is 0.308 e. The standard InChI is InChI=1S/C18H17NO3/c1-10-4-6-13(7-5-10)16-17-14(21-12(3)20)8-11(2)9-15(17)22-18(16)19/h4-9H,19H2,1-3H3. The van der Waals surface area contributed by atoms with E-state index in [0.717, 1.165) is 27.6 Å². The molecule has 3 rings (SSSR count). The average molecular weight is 295 g/mol. The zero-order valence-electron chi connectivity index (χ0n) is 12.8. The molecular formula is C18H17NO3. The van der Waals surface area contributed by atoms with Crippen molar-refractivity contribution in [3.8, 4) is 16.9 Å². The van der Waals surface area contributed by atoms with Gasteiger partial charge >= 0.3 is 5.97 Å². The van der Waals surface area contributed by atoms with Gasteiger partial charge in [0.15, 0.2) is 5.88 Å².